The van der Waals surface area contributed by atoms with Crippen LogP contribution in [-0.4, -0.2) is 22.8 Å². The van der Waals surface area contributed by atoms with E-state index in [0.717, 1.165) is 25.1 Å². The minimum Gasteiger partial charge on any atom is -0.309 e. The molecule has 1 aliphatic heterocycles. The summed E-state index contributed by atoms with van der Waals surface area (Å²) in [4.78, 5) is 0. The predicted molar refractivity (Wildman–Crippen MR) is 48.2 cm³/mol. The van der Waals surface area contributed by atoms with Crippen LogP contribution in [0.25, 0.3) is 0 Å². The maximum absolute atomic E-state index is 12.2. The lowest BCUT2D eigenvalue weighted by atomic mass is 10.1. The molecule has 1 unspecified atom stereocenters. The van der Waals surface area contributed by atoms with Crippen molar-refractivity contribution in [3.8, 4) is 0 Å². The summed E-state index contributed by atoms with van der Waals surface area (Å²) in [6.45, 7) is 0.658. The van der Waals surface area contributed by atoms with Crippen LogP contribution in [-0.2, 0) is 6.54 Å². The maximum Gasteiger partial charge on any atom is 0.257 e. The van der Waals surface area contributed by atoms with Gasteiger partial charge in [-0.25, -0.2) is 8.78 Å². The van der Waals surface area contributed by atoms with E-state index >= 15 is 0 Å². The highest BCUT2D eigenvalue weighted by atomic mass is 19.3. The third-order valence-electron chi connectivity index (χ3n) is 2.48. The molecule has 0 bridgehead atoms. The number of aromatic nitrogens is 2. The SMILES string of the molecule is FC(F)Cn1nccc1C1CCCN1. The molecule has 1 aromatic rings. The second-order valence-electron chi connectivity index (χ2n) is 3.48. The van der Waals surface area contributed by atoms with E-state index in [-0.39, 0.29) is 12.6 Å². The molecule has 0 amide bonds. The van der Waals surface area contributed by atoms with Crippen molar-refractivity contribution >= 4 is 0 Å². The Kier molecular flexibility index (Phi) is 2.77. The van der Waals surface area contributed by atoms with Crippen LogP contribution >= 0.6 is 0 Å². The topological polar surface area (TPSA) is 29.9 Å². The number of rotatable bonds is 3. The second-order valence-corrected chi connectivity index (χ2v) is 3.48. The molecule has 1 aliphatic rings. The molecule has 2 rings (SSSR count). The van der Waals surface area contributed by atoms with Gasteiger partial charge in [-0.1, -0.05) is 0 Å². The molecule has 0 spiro atoms. The molecule has 1 N–H and O–H groups in total. The number of halogens is 2. The van der Waals surface area contributed by atoms with E-state index in [1.165, 1.54) is 4.68 Å². The number of hydrogen-bond donors (Lipinski definition) is 1. The third kappa shape index (κ3) is 1.92. The van der Waals surface area contributed by atoms with Crippen molar-refractivity contribution in [2.24, 2.45) is 0 Å². The van der Waals surface area contributed by atoms with Crippen molar-refractivity contribution in [2.75, 3.05) is 6.54 Å². The lowest BCUT2D eigenvalue weighted by Gasteiger charge is -2.12. The van der Waals surface area contributed by atoms with Crippen LogP contribution in [0, 0.1) is 0 Å². The number of nitrogens with one attached hydrogen (secondary N) is 1. The maximum atomic E-state index is 12.2. The Morgan fingerprint density at radius 1 is 1.64 bits per heavy atom. The Bertz CT molecular complexity index is 292. The van der Waals surface area contributed by atoms with Gasteiger partial charge in [-0.3, -0.25) is 4.68 Å². The molecule has 5 heteroatoms. The normalized spacial score (nSPS) is 22.1. The summed E-state index contributed by atoms with van der Waals surface area (Å²) in [5.74, 6) is 0. The summed E-state index contributed by atoms with van der Waals surface area (Å²) < 4.78 is 25.8. The molecule has 1 fully saturated rings. The molecule has 0 saturated carbocycles. The first kappa shape index (κ1) is 9.58. The lowest BCUT2D eigenvalue weighted by molar-refractivity contribution is 0.120. The smallest absolute Gasteiger partial charge is 0.257 e. The first-order valence-corrected chi connectivity index (χ1v) is 4.80. The predicted octanol–water partition coefficient (Wildman–Crippen LogP) is 1.57. The van der Waals surface area contributed by atoms with Gasteiger partial charge in [0.1, 0.15) is 6.54 Å². The minimum atomic E-state index is -2.34. The highest BCUT2D eigenvalue weighted by molar-refractivity contribution is 5.08. The average Bonchev–Trinajstić information content (AvgIpc) is 2.70. The summed E-state index contributed by atoms with van der Waals surface area (Å²) in [7, 11) is 0. The zero-order valence-corrected chi connectivity index (χ0v) is 7.79. The van der Waals surface area contributed by atoms with E-state index in [4.69, 9.17) is 0 Å². The van der Waals surface area contributed by atoms with Gasteiger partial charge in [0.15, 0.2) is 0 Å². The van der Waals surface area contributed by atoms with Crippen molar-refractivity contribution in [1.82, 2.24) is 15.1 Å². The summed E-state index contributed by atoms with van der Waals surface area (Å²) in [6.07, 6.45) is 1.35. The highest BCUT2D eigenvalue weighted by Gasteiger charge is 2.20. The Morgan fingerprint density at radius 2 is 2.50 bits per heavy atom. The van der Waals surface area contributed by atoms with Gasteiger partial charge in [0, 0.05) is 12.2 Å². The molecular weight excluding hydrogens is 188 g/mol. The van der Waals surface area contributed by atoms with Crippen LogP contribution in [0.4, 0.5) is 8.78 Å². The molecule has 1 atom stereocenters. The van der Waals surface area contributed by atoms with Gasteiger partial charge in [0.25, 0.3) is 6.43 Å². The van der Waals surface area contributed by atoms with Gasteiger partial charge >= 0.3 is 0 Å². The molecule has 14 heavy (non-hydrogen) atoms. The van der Waals surface area contributed by atoms with E-state index in [9.17, 15) is 8.78 Å². The van der Waals surface area contributed by atoms with Crippen molar-refractivity contribution in [2.45, 2.75) is 31.9 Å². The minimum absolute atomic E-state index is 0.205. The summed E-state index contributed by atoms with van der Waals surface area (Å²) >= 11 is 0. The van der Waals surface area contributed by atoms with E-state index in [0.29, 0.717) is 0 Å². The van der Waals surface area contributed by atoms with Crippen molar-refractivity contribution < 1.29 is 8.78 Å². The van der Waals surface area contributed by atoms with Gasteiger partial charge < -0.3 is 5.32 Å². The number of hydrogen-bond acceptors (Lipinski definition) is 2. The zero-order valence-electron chi connectivity index (χ0n) is 7.79. The fraction of sp³-hybridized carbons (Fsp3) is 0.667. The van der Waals surface area contributed by atoms with Gasteiger partial charge in [-0.2, -0.15) is 5.10 Å². The Balaban J connectivity index is 2.12. The quantitative estimate of drug-likeness (QED) is 0.804. The van der Waals surface area contributed by atoms with Crippen molar-refractivity contribution in [1.29, 1.82) is 0 Å². The average molecular weight is 201 g/mol. The molecule has 0 aromatic carbocycles. The van der Waals surface area contributed by atoms with Crippen LogP contribution in [0.15, 0.2) is 12.3 Å². The monoisotopic (exact) mass is 201 g/mol. The Morgan fingerprint density at radius 3 is 3.14 bits per heavy atom. The fourth-order valence-corrected chi connectivity index (χ4v) is 1.86. The Labute approximate surface area is 81.1 Å². The van der Waals surface area contributed by atoms with E-state index in [2.05, 4.69) is 10.4 Å². The van der Waals surface area contributed by atoms with E-state index in [1.807, 2.05) is 6.07 Å². The van der Waals surface area contributed by atoms with Gasteiger partial charge in [0.2, 0.25) is 0 Å². The molecule has 2 heterocycles. The van der Waals surface area contributed by atoms with Gasteiger partial charge in [-0.05, 0) is 25.5 Å². The van der Waals surface area contributed by atoms with E-state index in [1.54, 1.807) is 6.20 Å². The Hall–Kier alpha value is -0.970. The van der Waals surface area contributed by atoms with Crippen molar-refractivity contribution in [3.63, 3.8) is 0 Å². The second kappa shape index (κ2) is 4.04. The van der Waals surface area contributed by atoms with Crippen molar-refractivity contribution in [3.05, 3.63) is 18.0 Å². The van der Waals surface area contributed by atoms with Crippen LogP contribution in [0.1, 0.15) is 24.6 Å². The molecular formula is C9H13F2N3. The molecule has 1 aromatic heterocycles. The molecule has 3 nitrogen and oxygen atoms in total. The highest BCUT2D eigenvalue weighted by Crippen LogP contribution is 2.22. The molecule has 0 aliphatic carbocycles. The first-order valence-electron chi connectivity index (χ1n) is 4.80. The van der Waals surface area contributed by atoms with Crippen LogP contribution in [0.2, 0.25) is 0 Å². The van der Waals surface area contributed by atoms with Gasteiger partial charge in [-0.15, -0.1) is 0 Å². The third-order valence-corrected chi connectivity index (χ3v) is 2.48. The first-order chi connectivity index (χ1) is 6.77. The summed E-state index contributed by atoms with van der Waals surface area (Å²) in [5.41, 5.74) is 0.878. The molecule has 1 saturated heterocycles. The molecule has 78 valence electrons. The lowest BCUT2D eigenvalue weighted by Crippen LogP contribution is -2.19. The zero-order chi connectivity index (χ0) is 9.97. The largest absolute Gasteiger partial charge is 0.309 e. The van der Waals surface area contributed by atoms with Crippen LogP contribution in [0.5, 0.6) is 0 Å². The van der Waals surface area contributed by atoms with Crippen LogP contribution in [0.3, 0.4) is 0 Å². The van der Waals surface area contributed by atoms with Gasteiger partial charge in [0.05, 0.1) is 5.69 Å². The fourth-order valence-electron chi connectivity index (χ4n) is 1.86. The van der Waals surface area contributed by atoms with E-state index < -0.39 is 6.43 Å². The molecule has 0 radical (unpaired) electrons. The number of nitrogens with zero attached hydrogens (tertiary/aromatic N) is 2. The number of alkyl halides is 2. The summed E-state index contributed by atoms with van der Waals surface area (Å²) in [6, 6.07) is 2.02. The summed E-state index contributed by atoms with van der Waals surface area (Å²) in [5, 5.41) is 7.16. The van der Waals surface area contributed by atoms with Crippen LogP contribution < -0.4 is 5.32 Å². The standard InChI is InChI=1S/C9H13F2N3/c10-9(11)6-14-8(3-5-13-14)7-2-1-4-12-7/h3,5,7,9,12H,1-2,4,6H2.